The summed E-state index contributed by atoms with van der Waals surface area (Å²) in [6.45, 7) is 6.44. The predicted octanol–water partition coefficient (Wildman–Crippen LogP) is 20.0. The highest BCUT2D eigenvalue weighted by atomic mass is 16.6. The Morgan fingerprint density at radius 2 is 0.542 bits per heavy atom. The Hall–Kier alpha value is -4.19. The number of hydrogen-bond acceptors (Lipinski definition) is 6. The van der Waals surface area contributed by atoms with Crippen molar-refractivity contribution in [3.63, 3.8) is 0 Å². The molecule has 0 rings (SSSR count). The van der Waals surface area contributed by atoms with E-state index >= 15 is 0 Å². The Morgan fingerprint density at radius 3 is 0.903 bits per heavy atom. The monoisotopic (exact) mass is 997 g/mol. The summed E-state index contributed by atoms with van der Waals surface area (Å²) < 4.78 is 16.8. The number of allylic oxidation sites excluding steroid dienone is 20. The van der Waals surface area contributed by atoms with Crippen molar-refractivity contribution in [2.24, 2.45) is 0 Å². The summed E-state index contributed by atoms with van der Waals surface area (Å²) >= 11 is 0. The van der Waals surface area contributed by atoms with Crippen molar-refractivity contribution in [3.05, 3.63) is 122 Å². The van der Waals surface area contributed by atoms with E-state index in [9.17, 15) is 14.4 Å². The van der Waals surface area contributed by atoms with Crippen molar-refractivity contribution in [1.29, 1.82) is 0 Å². The molecule has 0 aromatic carbocycles. The number of rotatable bonds is 52. The number of ether oxygens (including phenoxy) is 3. The SMILES string of the molecule is CC/C=C\C/C=C\C/C=C\C/C=C\C/C=C\C/C=C\C/C=C\C/C=C\CCCCC(=O)OCC(COC(=O)CCCCCCCCCCCC)OC(=O)CCCCCCCCC/C=C\C/C=C\CCCCC. The maximum atomic E-state index is 12.8. The van der Waals surface area contributed by atoms with E-state index in [4.69, 9.17) is 14.2 Å². The number of carbonyl (C=O) groups is 3. The van der Waals surface area contributed by atoms with Crippen LogP contribution >= 0.6 is 0 Å². The lowest BCUT2D eigenvalue weighted by Crippen LogP contribution is -2.30. The first kappa shape index (κ1) is 67.8. The second-order valence-corrected chi connectivity index (χ2v) is 19.2. The molecule has 0 fully saturated rings. The minimum Gasteiger partial charge on any atom is -0.462 e. The average molecular weight is 998 g/mol. The largest absolute Gasteiger partial charge is 0.462 e. The molecule has 0 aliphatic rings. The summed E-state index contributed by atoms with van der Waals surface area (Å²) in [5.41, 5.74) is 0. The number of carbonyl (C=O) groups excluding carboxylic acids is 3. The highest BCUT2D eigenvalue weighted by Crippen LogP contribution is 2.14. The molecule has 0 saturated heterocycles. The van der Waals surface area contributed by atoms with Crippen molar-refractivity contribution in [1.82, 2.24) is 0 Å². The summed E-state index contributed by atoms with van der Waals surface area (Å²) in [5, 5.41) is 0. The fourth-order valence-corrected chi connectivity index (χ4v) is 7.78. The van der Waals surface area contributed by atoms with Crippen LogP contribution in [0.3, 0.4) is 0 Å². The van der Waals surface area contributed by atoms with Crippen molar-refractivity contribution >= 4 is 17.9 Å². The van der Waals surface area contributed by atoms with Gasteiger partial charge >= 0.3 is 17.9 Å². The van der Waals surface area contributed by atoms with Crippen LogP contribution in [0.2, 0.25) is 0 Å². The minimum absolute atomic E-state index is 0.0961. The van der Waals surface area contributed by atoms with Crippen LogP contribution in [0.4, 0.5) is 0 Å². The van der Waals surface area contributed by atoms with Gasteiger partial charge in [0, 0.05) is 19.3 Å². The van der Waals surface area contributed by atoms with Gasteiger partial charge in [-0.25, -0.2) is 0 Å². The molecule has 0 aliphatic carbocycles. The van der Waals surface area contributed by atoms with Gasteiger partial charge in [-0.15, -0.1) is 0 Å². The third-order valence-corrected chi connectivity index (χ3v) is 12.2. The summed E-state index contributed by atoms with van der Waals surface area (Å²) in [7, 11) is 0. The normalized spacial score (nSPS) is 13.0. The summed E-state index contributed by atoms with van der Waals surface area (Å²) in [6.07, 6.45) is 81.9. The van der Waals surface area contributed by atoms with Crippen LogP contribution in [0, 0.1) is 0 Å². The van der Waals surface area contributed by atoms with Gasteiger partial charge < -0.3 is 14.2 Å². The molecule has 1 atom stereocenters. The lowest BCUT2D eigenvalue weighted by molar-refractivity contribution is -0.167. The van der Waals surface area contributed by atoms with Crippen LogP contribution in [0.15, 0.2) is 122 Å². The van der Waals surface area contributed by atoms with Crippen molar-refractivity contribution in [2.45, 2.75) is 264 Å². The van der Waals surface area contributed by atoms with E-state index in [2.05, 4.69) is 142 Å². The van der Waals surface area contributed by atoms with E-state index in [-0.39, 0.29) is 31.1 Å². The van der Waals surface area contributed by atoms with E-state index in [1.807, 2.05) is 0 Å². The van der Waals surface area contributed by atoms with Crippen LogP contribution in [0.25, 0.3) is 0 Å². The van der Waals surface area contributed by atoms with E-state index in [0.29, 0.717) is 25.7 Å². The number of esters is 3. The first-order chi connectivity index (χ1) is 35.5. The molecule has 0 saturated carbocycles. The average Bonchev–Trinajstić information content (AvgIpc) is 3.38. The molecular formula is C66H108O6. The van der Waals surface area contributed by atoms with Gasteiger partial charge in [-0.3, -0.25) is 14.4 Å². The molecule has 0 aromatic heterocycles. The molecule has 72 heavy (non-hydrogen) atoms. The maximum absolute atomic E-state index is 12.8. The quantitative estimate of drug-likeness (QED) is 0.0261. The second kappa shape index (κ2) is 59.4. The van der Waals surface area contributed by atoms with E-state index < -0.39 is 6.10 Å². The van der Waals surface area contributed by atoms with Crippen LogP contribution in [0.1, 0.15) is 258 Å². The molecule has 1 unspecified atom stereocenters. The van der Waals surface area contributed by atoms with Gasteiger partial charge in [0.05, 0.1) is 0 Å². The highest BCUT2D eigenvalue weighted by molar-refractivity contribution is 5.71. The van der Waals surface area contributed by atoms with Gasteiger partial charge in [0.2, 0.25) is 0 Å². The smallest absolute Gasteiger partial charge is 0.306 e. The first-order valence-corrected chi connectivity index (χ1v) is 29.5. The molecule has 0 amide bonds. The molecule has 0 heterocycles. The molecule has 6 heteroatoms. The van der Waals surface area contributed by atoms with Crippen LogP contribution in [-0.2, 0) is 28.6 Å². The van der Waals surface area contributed by atoms with Gasteiger partial charge in [0.1, 0.15) is 13.2 Å². The van der Waals surface area contributed by atoms with Gasteiger partial charge in [0.15, 0.2) is 6.10 Å². The topological polar surface area (TPSA) is 78.9 Å². The summed E-state index contributed by atoms with van der Waals surface area (Å²) in [5.74, 6) is -0.952. The van der Waals surface area contributed by atoms with Crippen LogP contribution < -0.4 is 0 Å². The molecule has 0 aliphatic heterocycles. The molecule has 408 valence electrons. The Balaban J connectivity index is 4.40. The molecular weight excluding hydrogens is 889 g/mol. The highest BCUT2D eigenvalue weighted by Gasteiger charge is 2.19. The zero-order chi connectivity index (χ0) is 52.2. The molecule has 0 spiro atoms. The second-order valence-electron chi connectivity index (χ2n) is 19.2. The molecule has 0 N–H and O–H groups in total. The molecule has 0 radical (unpaired) electrons. The van der Waals surface area contributed by atoms with Gasteiger partial charge in [0.25, 0.3) is 0 Å². The fraction of sp³-hybridized carbons (Fsp3) is 0.652. The maximum Gasteiger partial charge on any atom is 0.306 e. The van der Waals surface area contributed by atoms with Gasteiger partial charge in [-0.05, 0) is 116 Å². The Bertz CT molecular complexity index is 1520. The lowest BCUT2D eigenvalue weighted by Gasteiger charge is -2.18. The van der Waals surface area contributed by atoms with E-state index in [1.54, 1.807) is 0 Å². The Kier molecular flexibility index (Phi) is 55.9. The Labute approximate surface area is 443 Å². The van der Waals surface area contributed by atoms with Crippen LogP contribution in [0.5, 0.6) is 0 Å². The third-order valence-electron chi connectivity index (χ3n) is 12.2. The van der Waals surface area contributed by atoms with Crippen LogP contribution in [-0.4, -0.2) is 37.2 Å². The zero-order valence-corrected chi connectivity index (χ0v) is 46.7. The Morgan fingerprint density at radius 1 is 0.292 bits per heavy atom. The minimum atomic E-state index is -0.802. The fourth-order valence-electron chi connectivity index (χ4n) is 7.78. The van der Waals surface area contributed by atoms with E-state index in [0.717, 1.165) is 116 Å². The first-order valence-electron chi connectivity index (χ1n) is 29.5. The lowest BCUT2D eigenvalue weighted by atomic mass is 10.1. The summed E-state index contributed by atoms with van der Waals surface area (Å²) in [6, 6.07) is 0. The molecule has 6 nitrogen and oxygen atoms in total. The van der Waals surface area contributed by atoms with Crippen molar-refractivity contribution in [3.8, 4) is 0 Å². The van der Waals surface area contributed by atoms with E-state index in [1.165, 1.54) is 96.3 Å². The standard InChI is InChI=1S/C66H108O6/c1-4-7-10-13-16-19-22-24-26-28-29-30-31-32-33-34-35-36-37-39-40-42-44-47-50-53-56-59-65(68)71-62-63(61-70-64(67)58-55-52-49-46-21-18-15-12-9-6-3)72-66(69)60-57-54-51-48-45-43-41-38-27-25-23-20-17-14-11-8-5-2/h7,10,16-17,19-20,24-27,29-30,32-33,35-36,39-40,44,47,63H,4-6,8-9,11-15,18,21-23,28,31,34,37-38,41-43,45-46,48-62H2,1-3H3/b10-7-,19-16-,20-17-,26-24-,27-25-,30-29-,33-32-,36-35-,40-39-,47-44-. The number of unbranched alkanes of at least 4 members (excludes halogenated alkanes) is 21. The van der Waals surface area contributed by atoms with Crippen molar-refractivity contribution < 1.29 is 28.6 Å². The molecule has 0 bridgehead atoms. The predicted molar refractivity (Wildman–Crippen MR) is 311 cm³/mol. The van der Waals surface area contributed by atoms with Crippen molar-refractivity contribution in [2.75, 3.05) is 13.2 Å². The molecule has 0 aromatic rings. The zero-order valence-electron chi connectivity index (χ0n) is 46.7. The third kappa shape index (κ3) is 56.7. The number of hydrogen-bond donors (Lipinski definition) is 0. The van der Waals surface area contributed by atoms with Gasteiger partial charge in [-0.2, -0.15) is 0 Å². The van der Waals surface area contributed by atoms with Gasteiger partial charge in [-0.1, -0.05) is 245 Å². The summed E-state index contributed by atoms with van der Waals surface area (Å²) in [4.78, 5) is 38.1.